The molecule has 1 heterocycles. The lowest BCUT2D eigenvalue weighted by Crippen LogP contribution is -2.06. The zero-order valence-electron chi connectivity index (χ0n) is 11.6. The van der Waals surface area contributed by atoms with Crippen LogP contribution in [0.1, 0.15) is 22.3 Å². The summed E-state index contributed by atoms with van der Waals surface area (Å²) < 4.78 is 10.5. The Kier molecular flexibility index (Phi) is 4.71. The SMILES string of the molecule is COc1cccc(OC)c1C(=O)CCc1cccnc1. The van der Waals surface area contributed by atoms with Crippen LogP contribution in [-0.2, 0) is 6.42 Å². The number of aryl methyl sites for hydroxylation is 1. The second-order valence-electron chi connectivity index (χ2n) is 4.32. The Morgan fingerprint density at radius 3 is 2.35 bits per heavy atom. The second-order valence-corrected chi connectivity index (χ2v) is 4.32. The van der Waals surface area contributed by atoms with E-state index in [0.717, 1.165) is 5.56 Å². The number of Topliss-reactive ketones (excluding diaryl/α,β-unsaturated/α-hetero) is 1. The van der Waals surface area contributed by atoms with E-state index in [1.807, 2.05) is 12.1 Å². The van der Waals surface area contributed by atoms with Crippen molar-refractivity contribution < 1.29 is 14.3 Å². The van der Waals surface area contributed by atoms with Crippen LogP contribution in [0, 0.1) is 0 Å². The van der Waals surface area contributed by atoms with E-state index >= 15 is 0 Å². The lowest BCUT2D eigenvalue weighted by atomic mass is 10.0. The van der Waals surface area contributed by atoms with Crippen LogP contribution in [-0.4, -0.2) is 25.0 Å². The second kappa shape index (κ2) is 6.70. The normalized spacial score (nSPS) is 10.1. The minimum Gasteiger partial charge on any atom is -0.496 e. The number of pyridine rings is 1. The predicted octanol–water partition coefficient (Wildman–Crippen LogP) is 2.91. The Morgan fingerprint density at radius 2 is 1.80 bits per heavy atom. The zero-order chi connectivity index (χ0) is 14.4. The first-order valence-corrected chi connectivity index (χ1v) is 6.39. The maximum atomic E-state index is 12.4. The number of hydrogen-bond donors (Lipinski definition) is 0. The fourth-order valence-corrected chi connectivity index (χ4v) is 2.05. The average molecular weight is 271 g/mol. The van der Waals surface area contributed by atoms with E-state index in [2.05, 4.69) is 4.98 Å². The van der Waals surface area contributed by atoms with Crippen LogP contribution < -0.4 is 9.47 Å². The van der Waals surface area contributed by atoms with Crippen molar-refractivity contribution in [1.29, 1.82) is 0 Å². The van der Waals surface area contributed by atoms with Gasteiger partial charge in [-0.3, -0.25) is 9.78 Å². The van der Waals surface area contributed by atoms with Gasteiger partial charge in [0.25, 0.3) is 0 Å². The van der Waals surface area contributed by atoms with Gasteiger partial charge in [0.1, 0.15) is 17.1 Å². The summed E-state index contributed by atoms with van der Waals surface area (Å²) >= 11 is 0. The number of benzene rings is 1. The Hall–Kier alpha value is -2.36. The molecule has 2 aromatic rings. The summed E-state index contributed by atoms with van der Waals surface area (Å²) in [5, 5.41) is 0. The molecule has 0 aliphatic rings. The molecule has 0 aliphatic carbocycles. The van der Waals surface area contributed by atoms with Gasteiger partial charge in [0.15, 0.2) is 5.78 Å². The van der Waals surface area contributed by atoms with Crippen LogP contribution in [0.25, 0.3) is 0 Å². The molecule has 0 radical (unpaired) electrons. The van der Waals surface area contributed by atoms with E-state index in [-0.39, 0.29) is 5.78 Å². The largest absolute Gasteiger partial charge is 0.496 e. The van der Waals surface area contributed by atoms with Gasteiger partial charge in [-0.2, -0.15) is 0 Å². The fraction of sp³-hybridized carbons (Fsp3) is 0.250. The lowest BCUT2D eigenvalue weighted by molar-refractivity contribution is 0.0976. The Morgan fingerprint density at radius 1 is 1.10 bits per heavy atom. The minimum atomic E-state index is 0.00292. The number of ether oxygens (including phenoxy) is 2. The smallest absolute Gasteiger partial charge is 0.170 e. The van der Waals surface area contributed by atoms with Crippen molar-refractivity contribution in [1.82, 2.24) is 4.98 Å². The first kappa shape index (κ1) is 14.1. The van der Waals surface area contributed by atoms with Crippen molar-refractivity contribution in [2.75, 3.05) is 14.2 Å². The van der Waals surface area contributed by atoms with Gasteiger partial charge in [0.2, 0.25) is 0 Å². The van der Waals surface area contributed by atoms with Gasteiger partial charge in [-0.1, -0.05) is 12.1 Å². The van der Waals surface area contributed by atoms with Crippen LogP contribution in [0.4, 0.5) is 0 Å². The Bertz CT molecular complexity index is 559. The predicted molar refractivity (Wildman–Crippen MR) is 76.4 cm³/mol. The fourth-order valence-electron chi connectivity index (χ4n) is 2.05. The highest BCUT2D eigenvalue weighted by molar-refractivity contribution is 6.01. The monoisotopic (exact) mass is 271 g/mol. The highest BCUT2D eigenvalue weighted by Crippen LogP contribution is 2.29. The number of aromatic nitrogens is 1. The molecule has 0 unspecified atom stereocenters. The van der Waals surface area contributed by atoms with Crippen LogP contribution in [0.15, 0.2) is 42.7 Å². The third kappa shape index (κ3) is 3.15. The molecule has 20 heavy (non-hydrogen) atoms. The number of rotatable bonds is 6. The number of carbonyl (C=O) groups excluding carboxylic acids is 1. The van der Waals surface area contributed by atoms with Gasteiger partial charge in [-0.05, 0) is 30.2 Å². The molecule has 0 atom stereocenters. The number of carbonyl (C=O) groups is 1. The zero-order valence-corrected chi connectivity index (χ0v) is 11.6. The summed E-state index contributed by atoms with van der Waals surface area (Å²) in [7, 11) is 3.10. The summed E-state index contributed by atoms with van der Waals surface area (Å²) in [6.45, 7) is 0. The first-order chi connectivity index (χ1) is 9.76. The molecule has 0 saturated carbocycles. The minimum absolute atomic E-state index is 0.00292. The van der Waals surface area contributed by atoms with Gasteiger partial charge in [0, 0.05) is 18.8 Å². The molecule has 0 aliphatic heterocycles. The van der Waals surface area contributed by atoms with Crippen molar-refractivity contribution in [3.05, 3.63) is 53.9 Å². The molecule has 0 spiro atoms. The molecule has 4 nitrogen and oxygen atoms in total. The van der Waals surface area contributed by atoms with Gasteiger partial charge in [-0.25, -0.2) is 0 Å². The number of ketones is 1. The van der Waals surface area contributed by atoms with E-state index in [4.69, 9.17) is 9.47 Å². The maximum absolute atomic E-state index is 12.4. The van der Waals surface area contributed by atoms with E-state index in [1.54, 1.807) is 44.8 Å². The van der Waals surface area contributed by atoms with Gasteiger partial charge >= 0.3 is 0 Å². The van der Waals surface area contributed by atoms with Crippen LogP contribution in [0.3, 0.4) is 0 Å². The van der Waals surface area contributed by atoms with Crippen molar-refractivity contribution in [3.63, 3.8) is 0 Å². The molecule has 0 amide bonds. The highest BCUT2D eigenvalue weighted by atomic mass is 16.5. The summed E-state index contributed by atoms with van der Waals surface area (Å²) in [5.74, 6) is 1.09. The van der Waals surface area contributed by atoms with Crippen LogP contribution >= 0.6 is 0 Å². The third-order valence-electron chi connectivity index (χ3n) is 3.07. The quantitative estimate of drug-likeness (QED) is 0.758. The molecular weight excluding hydrogens is 254 g/mol. The molecule has 0 saturated heterocycles. The van der Waals surface area contributed by atoms with Crippen molar-refractivity contribution in [2.24, 2.45) is 0 Å². The highest BCUT2D eigenvalue weighted by Gasteiger charge is 2.17. The van der Waals surface area contributed by atoms with Crippen LogP contribution in [0.2, 0.25) is 0 Å². The average Bonchev–Trinajstić information content (AvgIpc) is 2.52. The number of nitrogens with zero attached hydrogens (tertiary/aromatic N) is 1. The van der Waals surface area contributed by atoms with E-state index < -0.39 is 0 Å². The Labute approximate surface area is 118 Å². The number of hydrogen-bond acceptors (Lipinski definition) is 4. The van der Waals surface area contributed by atoms with Crippen LogP contribution in [0.5, 0.6) is 11.5 Å². The summed E-state index contributed by atoms with van der Waals surface area (Å²) in [6.07, 6.45) is 4.53. The molecule has 0 fully saturated rings. The first-order valence-electron chi connectivity index (χ1n) is 6.39. The Balaban J connectivity index is 2.16. The molecule has 1 aromatic heterocycles. The number of methoxy groups -OCH3 is 2. The standard InChI is InChI=1S/C16H17NO3/c1-19-14-6-3-7-15(20-2)16(14)13(18)9-8-12-5-4-10-17-11-12/h3-7,10-11H,8-9H2,1-2H3. The lowest BCUT2D eigenvalue weighted by Gasteiger charge is -2.11. The van der Waals surface area contributed by atoms with E-state index in [9.17, 15) is 4.79 Å². The van der Waals surface area contributed by atoms with Crippen molar-refractivity contribution in [2.45, 2.75) is 12.8 Å². The topological polar surface area (TPSA) is 48.4 Å². The summed E-state index contributed by atoms with van der Waals surface area (Å²) in [4.78, 5) is 16.4. The molecular formula is C16H17NO3. The molecule has 104 valence electrons. The van der Waals surface area contributed by atoms with Crippen molar-refractivity contribution >= 4 is 5.78 Å². The third-order valence-corrected chi connectivity index (χ3v) is 3.07. The molecule has 0 bridgehead atoms. The molecule has 2 rings (SSSR count). The van der Waals surface area contributed by atoms with E-state index in [0.29, 0.717) is 29.9 Å². The van der Waals surface area contributed by atoms with Gasteiger partial charge in [0.05, 0.1) is 14.2 Å². The maximum Gasteiger partial charge on any atom is 0.170 e. The molecule has 4 heteroatoms. The van der Waals surface area contributed by atoms with E-state index in [1.165, 1.54) is 0 Å². The van der Waals surface area contributed by atoms with Crippen molar-refractivity contribution in [3.8, 4) is 11.5 Å². The van der Waals surface area contributed by atoms with Gasteiger partial charge in [-0.15, -0.1) is 0 Å². The summed E-state index contributed by atoms with van der Waals surface area (Å²) in [5.41, 5.74) is 1.54. The van der Waals surface area contributed by atoms with Gasteiger partial charge < -0.3 is 9.47 Å². The molecule has 1 aromatic carbocycles. The molecule has 0 N–H and O–H groups in total. The summed E-state index contributed by atoms with van der Waals surface area (Å²) in [6, 6.07) is 9.15.